The number of carboxylic acids is 1. The van der Waals surface area contributed by atoms with Crippen LogP contribution >= 0.6 is 15.9 Å². The molecular weight excluding hydrogens is 286 g/mol. The van der Waals surface area contributed by atoms with Crippen LogP contribution in [0.1, 0.15) is 15.9 Å². The summed E-state index contributed by atoms with van der Waals surface area (Å²) in [7, 11) is 0. The van der Waals surface area contributed by atoms with Gasteiger partial charge >= 0.3 is 5.97 Å². The molecule has 0 unspecified atom stereocenters. The van der Waals surface area contributed by atoms with Crippen molar-refractivity contribution in [3.8, 4) is 0 Å². The lowest BCUT2D eigenvalue weighted by atomic mass is 9.98. The Bertz CT molecular complexity index is 481. The van der Waals surface area contributed by atoms with Crippen molar-refractivity contribution in [1.29, 1.82) is 0 Å². The van der Waals surface area contributed by atoms with Gasteiger partial charge in [0.05, 0.1) is 5.92 Å². The maximum Gasteiger partial charge on any atom is 0.310 e. The van der Waals surface area contributed by atoms with Gasteiger partial charge in [0.25, 0.3) is 5.91 Å². The fraction of sp³-hybridized carbons (Fsp3) is 0.333. The summed E-state index contributed by atoms with van der Waals surface area (Å²) in [5.41, 5.74) is 1.51. The summed E-state index contributed by atoms with van der Waals surface area (Å²) < 4.78 is 0.888. The number of hydrogen-bond acceptors (Lipinski definition) is 2. The van der Waals surface area contributed by atoms with E-state index in [9.17, 15) is 9.59 Å². The van der Waals surface area contributed by atoms with Gasteiger partial charge in [-0.15, -0.1) is 0 Å². The largest absolute Gasteiger partial charge is 0.481 e. The molecule has 4 nitrogen and oxygen atoms in total. The van der Waals surface area contributed by atoms with Gasteiger partial charge < -0.3 is 10.0 Å². The van der Waals surface area contributed by atoms with Crippen LogP contribution < -0.4 is 0 Å². The highest BCUT2D eigenvalue weighted by Gasteiger charge is 2.36. The summed E-state index contributed by atoms with van der Waals surface area (Å²) in [6, 6.07) is 5.44. The van der Waals surface area contributed by atoms with Gasteiger partial charge in [-0.2, -0.15) is 0 Å². The van der Waals surface area contributed by atoms with Gasteiger partial charge in [0.2, 0.25) is 0 Å². The Hall–Kier alpha value is -1.36. The van der Waals surface area contributed by atoms with Crippen molar-refractivity contribution in [1.82, 2.24) is 4.90 Å². The molecule has 0 atom stereocenters. The van der Waals surface area contributed by atoms with E-state index in [1.54, 1.807) is 17.0 Å². The summed E-state index contributed by atoms with van der Waals surface area (Å²) in [6.45, 7) is 2.48. The van der Waals surface area contributed by atoms with E-state index < -0.39 is 11.9 Å². The molecule has 1 heterocycles. The second-order valence-electron chi connectivity index (χ2n) is 4.16. The summed E-state index contributed by atoms with van der Waals surface area (Å²) >= 11 is 3.37. The lowest BCUT2D eigenvalue weighted by Gasteiger charge is -2.37. The zero-order chi connectivity index (χ0) is 12.6. The predicted molar refractivity (Wildman–Crippen MR) is 65.9 cm³/mol. The molecule has 0 saturated carbocycles. The molecule has 1 aliphatic heterocycles. The molecule has 0 aliphatic carbocycles. The van der Waals surface area contributed by atoms with Gasteiger partial charge in [0.15, 0.2) is 0 Å². The highest BCUT2D eigenvalue weighted by molar-refractivity contribution is 9.10. The Labute approximate surface area is 107 Å². The minimum atomic E-state index is -0.833. The van der Waals surface area contributed by atoms with E-state index in [2.05, 4.69) is 15.9 Å². The number of halogens is 1. The van der Waals surface area contributed by atoms with Crippen LogP contribution in [0, 0.1) is 12.8 Å². The van der Waals surface area contributed by atoms with Crippen molar-refractivity contribution in [2.45, 2.75) is 6.92 Å². The van der Waals surface area contributed by atoms with Gasteiger partial charge in [0, 0.05) is 23.1 Å². The molecule has 5 heteroatoms. The number of amides is 1. The number of nitrogens with zero attached hydrogens (tertiary/aromatic N) is 1. The lowest BCUT2D eigenvalue weighted by Crippen LogP contribution is -2.53. The first-order valence-corrected chi connectivity index (χ1v) is 6.07. The first-order valence-electron chi connectivity index (χ1n) is 5.28. The van der Waals surface area contributed by atoms with E-state index in [1.165, 1.54) is 0 Å². The third-order valence-corrected chi connectivity index (χ3v) is 3.88. The second kappa shape index (κ2) is 4.49. The zero-order valence-electron chi connectivity index (χ0n) is 9.31. The minimum Gasteiger partial charge on any atom is -0.481 e. The van der Waals surface area contributed by atoms with E-state index >= 15 is 0 Å². The van der Waals surface area contributed by atoms with E-state index in [0.29, 0.717) is 18.7 Å². The van der Waals surface area contributed by atoms with E-state index in [0.717, 1.165) is 10.0 Å². The summed E-state index contributed by atoms with van der Waals surface area (Å²) in [4.78, 5) is 24.3. The highest BCUT2D eigenvalue weighted by atomic mass is 79.9. The molecule has 17 heavy (non-hydrogen) atoms. The molecule has 1 aromatic rings. The van der Waals surface area contributed by atoms with Crippen LogP contribution in [0.15, 0.2) is 22.7 Å². The van der Waals surface area contributed by atoms with Gasteiger partial charge in [-0.1, -0.05) is 22.0 Å². The van der Waals surface area contributed by atoms with Crippen molar-refractivity contribution in [3.63, 3.8) is 0 Å². The number of carboxylic acid groups (broad SMARTS) is 1. The molecule has 0 spiro atoms. The van der Waals surface area contributed by atoms with Crippen molar-refractivity contribution >= 4 is 27.8 Å². The van der Waals surface area contributed by atoms with Gasteiger partial charge in [-0.25, -0.2) is 0 Å². The van der Waals surface area contributed by atoms with E-state index in [4.69, 9.17) is 5.11 Å². The highest BCUT2D eigenvalue weighted by Crippen LogP contribution is 2.24. The average molecular weight is 298 g/mol. The Balaban J connectivity index is 2.12. The van der Waals surface area contributed by atoms with Crippen LogP contribution in [0.3, 0.4) is 0 Å². The Kier molecular flexibility index (Phi) is 3.19. The number of aliphatic carboxylic acids is 1. The first kappa shape index (κ1) is 12.1. The fourth-order valence-electron chi connectivity index (χ4n) is 1.81. The molecule has 1 saturated heterocycles. The number of benzene rings is 1. The number of likely N-dealkylation sites (tertiary alicyclic amines) is 1. The third kappa shape index (κ3) is 2.20. The fourth-order valence-corrected chi connectivity index (χ4v) is 2.18. The predicted octanol–water partition coefficient (Wildman–Crippen LogP) is 1.91. The van der Waals surface area contributed by atoms with E-state index in [-0.39, 0.29) is 5.91 Å². The topological polar surface area (TPSA) is 57.6 Å². The Morgan fingerprint density at radius 2 is 2.06 bits per heavy atom. The number of carbonyl (C=O) groups is 2. The third-order valence-electron chi connectivity index (χ3n) is 3.02. The molecule has 1 fully saturated rings. The molecule has 0 bridgehead atoms. The summed E-state index contributed by atoms with van der Waals surface area (Å²) in [5, 5.41) is 8.76. The molecule has 2 rings (SSSR count). The van der Waals surface area contributed by atoms with Gasteiger partial charge in [-0.05, 0) is 24.6 Å². The smallest absolute Gasteiger partial charge is 0.310 e. The van der Waals surface area contributed by atoms with Crippen LogP contribution in [0.2, 0.25) is 0 Å². The van der Waals surface area contributed by atoms with Crippen LogP contribution in [-0.4, -0.2) is 35.0 Å². The summed E-state index contributed by atoms with van der Waals surface area (Å²) in [6.07, 6.45) is 0. The van der Waals surface area contributed by atoms with Crippen LogP contribution in [0.4, 0.5) is 0 Å². The summed E-state index contributed by atoms with van der Waals surface area (Å²) in [5.74, 6) is -1.34. The van der Waals surface area contributed by atoms with Crippen LogP contribution in [-0.2, 0) is 4.79 Å². The SMILES string of the molecule is Cc1c(Br)cccc1C(=O)N1CC(C(=O)O)C1. The molecule has 90 valence electrons. The maximum absolute atomic E-state index is 12.1. The Morgan fingerprint density at radius 3 is 2.65 bits per heavy atom. The van der Waals surface area contributed by atoms with Crippen molar-refractivity contribution in [2.75, 3.05) is 13.1 Å². The molecule has 1 aliphatic rings. The first-order chi connectivity index (χ1) is 8.00. The van der Waals surface area contributed by atoms with Crippen molar-refractivity contribution in [2.24, 2.45) is 5.92 Å². The minimum absolute atomic E-state index is 0.0960. The van der Waals surface area contributed by atoms with Gasteiger partial charge in [-0.3, -0.25) is 9.59 Å². The van der Waals surface area contributed by atoms with E-state index in [1.807, 2.05) is 13.0 Å². The lowest BCUT2D eigenvalue weighted by molar-refractivity contribution is -0.146. The standard InChI is InChI=1S/C12H12BrNO3/c1-7-9(3-2-4-10(7)13)11(15)14-5-8(6-14)12(16)17/h2-4,8H,5-6H2,1H3,(H,16,17). The monoisotopic (exact) mass is 297 g/mol. The number of hydrogen-bond donors (Lipinski definition) is 1. The quantitative estimate of drug-likeness (QED) is 0.907. The number of carbonyl (C=O) groups excluding carboxylic acids is 1. The molecular formula is C12H12BrNO3. The normalized spacial score (nSPS) is 15.5. The maximum atomic E-state index is 12.1. The Morgan fingerprint density at radius 1 is 1.41 bits per heavy atom. The van der Waals surface area contributed by atoms with Crippen molar-refractivity contribution < 1.29 is 14.7 Å². The molecule has 1 N–H and O–H groups in total. The molecule has 0 aromatic heterocycles. The zero-order valence-corrected chi connectivity index (χ0v) is 10.9. The molecule has 0 radical (unpaired) electrons. The average Bonchev–Trinajstić information content (AvgIpc) is 2.19. The van der Waals surface area contributed by atoms with Gasteiger partial charge in [0.1, 0.15) is 0 Å². The number of rotatable bonds is 2. The molecule has 1 aromatic carbocycles. The van der Waals surface area contributed by atoms with Crippen molar-refractivity contribution in [3.05, 3.63) is 33.8 Å². The molecule has 1 amide bonds. The second-order valence-corrected chi connectivity index (χ2v) is 5.01. The van der Waals surface area contributed by atoms with Crippen LogP contribution in [0.5, 0.6) is 0 Å². The van der Waals surface area contributed by atoms with Crippen LogP contribution in [0.25, 0.3) is 0 Å².